The zero-order valence-corrected chi connectivity index (χ0v) is 13.4. The number of benzene rings is 1. The van der Waals surface area contributed by atoms with Crippen LogP contribution in [0.15, 0.2) is 18.2 Å². The van der Waals surface area contributed by atoms with Gasteiger partial charge in [0.05, 0.1) is 11.5 Å². The maximum absolute atomic E-state index is 11.8. The molecular weight excluding hydrogens is 300 g/mol. The first-order valence-electron chi connectivity index (χ1n) is 7.75. The first-order valence-corrected chi connectivity index (χ1v) is 7.75. The Morgan fingerprint density at radius 1 is 1.30 bits per heavy atom. The molecule has 8 heteroatoms. The fraction of sp³-hybridized carbons (Fsp3) is 0.533. The molecule has 1 aliphatic rings. The van der Waals surface area contributed by atoms with Crippen LogP contribution in [-0.4, -0.2) is 55.2 Å². The summed E-state index contributed by atoms with van der Waals surface area (Å²) in [5.74, 6) is 0.279. The lowest BCUT2D eigenvalue weighted by Crippen LogP contribution is -2.51. The van der Waals surface area contributed by atoms with Gasteiger partial charge in [0.1, 0.15) is 0 Å². The molecule has 0 unspecified atom stereocenters. The van der Waals surface area contributed by atoms with E-state index >= 15 is 0 Å². The third kappa shape index (κ3) is 4.02. The highest BCUT2D eigenvalue weighted by Gasteiger charge is 2.23. The molecule has 1 fully saturated rings. The Balaban J connectivity index is 2.07. The molecule has 0 bridgehead atoms. The van der Waals surface area contributed by atoms with E-state index in [-0.39, 0.29) is 17.5 Å². The number of nitro benzene ring substituents is 1. The van der Waals surface area contributed by atoms with Crippen molar-refractivity contribution in [2.24, 2.45) is 0 Å². The normalized spacial score (nSPS) is 14.5. The summed E-state index contributed by atoms with van der Waals surface area (Å²) in [5.41, 5.74) is 0.839. The molecule has 2 amide bonds. The van der Waals surface area contributed by atoms with Crippen LogP contribution in [-0.2, 0) is 0 Å². The minimum atomic E-state index is -0.443. The van der Waals surface area contributed by atoms with Gasteiger partial charge in [-0.15, -0.1) is 0 Å². The molecular formula is C15H22N4O4. The standard InChI is InChI=1S/C15H22N4O4/c1-3-16-15(20)18-9-7-17(8-10-18)12-5-6-13(19(21)22)14(11-12)23-4-2/h5-6,11H,3-4,7-10H2,1-2H3,(H,16,20). The van der Waals surface area contributed by atoms with Crippen LogP contribution in [0, 0.1) is 10.1 Å². The van der Waals surface area contributed by atoms with E-state index in [1.54, 1.807) is 24.0 Å². The van der Waals surface area contributed by atoms with Crippen molar-refractivity contribution in [3.8, 4) is 5.75 Å². The molecule has 1 N–H and O–H groups in total. The Morgan fingerprint density at radius 2 is 2.00 bits per heavy atom. The molecule has 0 radical (unpaired) electrons. The molecule has 1 aromatic rings. The van der Waals surface area contributed by atoms with Gasteiger partial charge in [-0.25, -0.2) is 4.79 Å². The quantitative estimate of drug-likeness (QED) is 0.660. The lowest BCUT2D eigenvalue weighted by atomic mass is 10.2. The maximum atomic E-state index is 11.8. The molecule has 1 aromatic carbocycles. The van der Waals surface area contributed by atoms with Crippen molar-refractivity contribution in [1.82, 2.24) is 10.2 Å². The van der Waals surface area contributed by atoms with Crippen LogP contribution in [0.4, 0.5) is 16.2 Å². The lowest BCUT2D eigenvalue weighted by molar-refractivity contribution is -0.385. The van der Waals surface area contributed by atoms with Gasteiger partial charge in [0.15, 0.2) is 5.75 Å². The summed E-state index contributed by atoms with van der Waals surface area (Å²) >= 11 is 0. The number of anilines is 1. The van der Waals surface area contributed by atoms with Crippen molar-refractivity contribution in [2.75, 3.05) is 44.2 Å². The minimum absolute atomic E-state index is 0.0310. The van der Waals surface area contributed by atoms with Crippen LogP contribution in [0.2, 0.25) is 0 Å². The predicted molar refractivity (Wildman–Crippen MR) is 87.1 cm³/mol. The Morgan fingerprint density at radius 3 is 2.57 bits per heavy atom. The van der Waals surface area contributed by atoms with Crippen LogP contribution >= 0.6 is 0 Å². The second kappa shape index (κ2) is 7.66. The van der Waals surface area contributed by atoms with Gasteiger partial charge >= 0.3 is 11.7 Å². The first kappa shape index (κ1) is 16.9. The monoisotopic (exact) mass is 322 g/mol. The summed E-state index contributed by atoms with van der Waals surface area (Å²) in [6.45, 7) is 7.26. The van der Waals surface area contributed by atoms with Crippen molar-refractivity contribution < 1.29 is 14.5 Å². The second-order valence-electron chi connectivity index (χ2n) is 5.15. The van der Waals surface area contributed by atoms with Gasteiger partial charge in [-0.3, -0.25) is 10.1 Å². The smallest absolute Gasteiger partial charge is 0.317 e. The van der Waals surface area contributed by atoms with Gasteiger partial charge in [0.25, 0.3) is 0 Å². The zero-order valence-electron chi connectivity index (χ0n) is 13.4. The number of amides is 2. The van der Waals surface area contributed by atoms with Gasteiger partial charge in [0.2, 0.25) is 0 Å². The van der Waals surface area contributed by atoms with E-state index in [9.17, 15) is 14.9 Å². The van der Waals surface area contributed by atoms with Crippen molar-refractivity contribution in [3.63, 3.8) is 0 Å². The zero-order chi connectivity index (χ0) is 16.8. The van der Waals surface area contributed by atoms with Crippen LogP contribution in [0.5, 0.6) is 5.75 Å². The van der Waals surface area contributed by atoms with E-state index in [0.29, 0.717) is 39.3 Å². The Hall–Kier alpha value is -2.51. The Bertz CT molecular complexity index is 571. The first-order chi connectivity index (χ1) is 11.1. The third-order valence-electron chi connectivity index (χ3n) is 3.70. The van der Waals surface area contributed by atoms with E-state index in [4.69, 9.17) is 4.74 Å². The van der Waals surface area contributed by atoms with Gasteiger partial charge < -0.3 is 19.9 Å². The fourth-order valence-electron chi connectivity index (χ4n) is 2.55. The van der Waals surface area contributed by atoms with E-state index in [2.05, 4.69) is 10.2 Å². The summed E-state index contributed by atoms with van der Waals surface area (Å²) in [6, 6.07) is 4.84. The highest BCUT2D eigenvalue weighted by molar-refractivity contribution is 5.74. The highest BCUT2D eigenvalue weighted by Crippen LogP contribution is 2.32. The molecule has 0 atom stereocenters. The van der Waals surface area contributed by atoms with Gasteiger partial charge in [-0.05, 0) is 19.9 Å². The minimum Gasteiger partial charge on any atom is -0.487 e. The molecule has 1 saturated heterocycles. The van der Waals surface area contributed by atoms with Gasteiger partial charge in [0, 0.05) is 50.5 Å². The number of hydrogen-bond acceptors (Lipinski definition) is 5. The van der Waals surface area contributed by atoms with Crippen molar-refractivity contribution in [2.45, 2.75) is 13.8 Å². The fourth-order valence-corrected chi connectivity index (χ4v) is 2.55. The number of ether oxygens (including phenoxy) is 1. The summed E-state index contributed by atoms with van der Waals surface area (Å²) in [7, 11) is 0. The SMILES string of the molecule is CCNC(=O)N1CCN(c2ccc([N+](=O)[O-])c(OCC)c2)CC1. The van der Waals surface area contributed by atoms with Crippen molar-refractivity contribution >= 4 is 17.4 Å². The van der Waals surface area contributed by atoms with E-state index in [1.165, 1.54) is 6.07 Å². The molecule has 0 spiro atoms. The number of rotatable bonds is 5. The van der Waals surface area contributed by atoms with E-state index < -0.39 is 4.92 Å². The lowest BCUT2D eigenvalue weighted by Gasteiger charge is -2.36. The van der Waals surface area contributed by atoms with Crippen LogP contribution < -0.4 is 15.0 Å². The van der Waals surface area contributed by atoms with Crippen molar-refractivity contribution in [1.29, 1.82) is 0 Å². The molecule has 8 nitrogen and oxygen atoms in total. The summed E-state index contributed by atoms with van der Waals surface area (Å²) < 4.78 is 5.38. The molecule has 23 heavy (non-hydrogen) atoms. The molecule has 0 aromatic heterocycles. The number of nitrogens with one attached hydrogen (secondary N) is 1. The van der Waals surface area contributed by atoms with Crippen LogP contribution in [0.1, 0.15) is 13.8 Å². The molecule has 2 rings (SSSR count). The summed E-state index contributed by atoms with van der Waals surface area (Å²) in [6.07, 6.45) is 0. The van der Waals surface area contributed by atoms with Gasteiger partial charge in [-0.1, -0.05) is 0 Å². The highest BCUT2D eigenvalue weighted by atomic mass is 16.6. The number of hydrogen-bond donors (Lipinski definition) is 1. The second-order valence-corrected chi connectivity index (χ2v) is 5.15. The molecule has 126 valence electrons. The number of piperazine rings is 1. The maximum Gasteiger partial charge on any atom is 0.317 e. The number of nitrogens with zero attached hydrogens (tertiary/aromatic N) is 3. The summed E-state index contributed by atoms with van der Waals surface area (Å²) in [5, 5.41) is 13.8. The summed E-state index contributed by atoms with van der Waals surface area (Å²) in [4.78, 5) is 26.3. The Labute approximate surface area is 135 Å². The van der Waals surface area contributed by atoms with Crippen molar-refractivity contribution in [3.05, 3.63) is 28.3 Å². The third-order valence-corrected chi connectivity index (χ3v) is 3.70. The molecule has 1 aliphatic heterocycles. The van der Waals surface area contributed by atoms with Crippen LogP contribution in [0.25, 0.3) is 0 Å². The van der Waals surface area contributed by atoms with E-state index in [0.717, 1.165) is 5.69 Å². The van der Waals surface area contributed by atoms with Crippen LogP contribution in [0.3, 0.4) is 0 Å². The number of carbonyl (C=O) groups is 1. The average molecular weight is 322 g/mol. The molecule has 1 heterocycles. The number of nitro groups is 1. The van der Waals surface area contributed by atoms with Gasteiger partial charge in [-0.2, -0.15) is 0 Å². The van der Waals surface area contributed by atoms with E-state index in [1.807, 2.05) is 6.92 Å². The largest absolute Gasteiger partial charge is 0.487 e. The predicted octanol–water partition coefficient (Wildman–Crippen LogP) is 1.84. The topological polar surface area (TPSA) is 88.0 Å². The molecule has 0 saturated carbocycles. The molecule has 0 aliphatic carbocycles. The average Bonchev–Trinajstić information content (AvgIpc) is 2.55. The Kier molecular flexibility index (Phi) is 5.61. The number of urea groups is 1. The number of carbonyl (C=O) groups excluding carboxylic acids is 1.